The molecule has 1 fully saturated rings. The number of nitrogens with zero attached hydrogens (tertiary/aromatic N) is 1. The van der Waals surface area contributed by atoms with E-state index in [1.165, 1.54) is 16.2 Å². The van der Waals surface area contributed by atoms with E-state index in [0.717, 1.165) is 10.2 Å². The zero-order valence-electron chi connectivity index (χ0n) is 9.56. The molecule has 1 aromatic rings. The van der Waals surface area contributed by atoms with Crippen molar-refractivity contribution in [1.82, 2.24) is 10.2 Å². The molecule has 2 N–H and O–H groups in total. The fourth-order valence-electron chi connectivity index (χ4n) is 1.93. The van der Waals surface area contributed by atoms with Crippen molar-refractivity contribution in [3.05, 3.63) is 20.8 Å². The normalized spacial score (nSPS) is 18.9. The summed E-state index contributed by atoms with van der Waals surface area (Å²) in [5.41, 5.74) is 0. The van der Waals surface area contributed by atoms with Crippen molar-refractivity contribution in [3.8, 4) is 0 Å². The number of halogens is 1. The molecule has 98 valence electrons. The van der Waals surface area contributed by atoms with Gasteiger partial charge in [-0.1, -0.05) is 0 Å². The van der Waals surface area contributed by atoms with E-state index < -0.39 is 6.09 Å². The zero-order valence-corrected chi connectivity index (χ0v) is 12.0. The Balaban J connectivity index is 1.79. The van der Waals surface area contributed by atoms with Crippen LogP contribution < -0.4 is 5.32 Å². The Hall–Kier alpha value is -1.08. The van der Waals surface area contributed by atoms with E-state index in [0.29, 0.717) is 24.5 Å². The number of hydrogen-bond acceptors (Lipinski definition) is 3. The standard InChI is InChI=1S/C11H13BrN2O3S/c12-9-2-1-8(18-9)10(15)13-5-7-3-4-14(6-7)11(16)17/h1-2,7H,3-6H2,(H,13,15)(H,16,17)/t7-/m1/s1. The first kappa shape index (κ1) is 13.4. The lowest BCUT2D eigenvalue weighted by Gasteiger charge is -2.12. The van der Waals surface area contributed by atoms with Gasteiger partial charge in [-0.3, -0.25) is 4.79 Å². The van der Waals surface area contributed by atoms with Crippen LogP contribution in [0.15, 0.2) is 15.9 Å². The van der Waals surface area contributed by atoms with Crippen molar-refractivity contribution < 1.29 is 14.7 Å². The maximum atomic E-state index is 11.8. The van der Waals surface area contributed by atoms with E-state index in [1.807, 2.05) is 6.07 Å². The monoisotopic (exact) mass is 332 g/mol. The summed E-state index contributed by atoms with van der Waals surface area (Å²) in [7, 11) is 0. The number of likely N-dealkylation sites (tertiary alicyclic amines) is 1. The van der Waals surface area contributed by atoms with E-state index in [4.69, 9.17) is 5.11 Å². The van der Waals surface area contributed by atoms with Gasteiger partial charge >= 0.3 is 6.09 Å². The van der Waals surface area contributed by atoms with E-state index in [1.54, 1.807) is 6.07 Å². The van der Waals surface area contributed by atoms with Crippen LogP contribution in [0.2, 0.25) is 0 Å². The fraction of sp³-hybridized carbons (Fsp3) is 0.455. The number of carboxylic acid groups (broad SMARTS) is 1. The molecule has 18 heavy (non-hydrogen) atoms. The highest BCUT2D eigenvalue weighted by atomic mass is 79.9. The molecule has 2 rings (SSSR count). The van der Waals surface area contributed by atoms with Crippen LogP contribution in [-0.2, 0) is 0 Å². The first-order valence-electron chi connectivity index (χ1n) is 5.57. The predicted molar refractivity (Wildman–Crippen MR) is 72.1 cm³/mol. The molecule has 7 heteroatoms. The molecule has 2 heterocycles. The van der Waals surface area contributed by atoms with Gasteiger partial charge in [0.25, 0.3) is 5.91 Å². The molecule has 0 aliphatic carbocycles. The molecule has 0 spiro atoms. The lowest BCUT2D eigenvalue weighted by molar-refractivity contribution is 0.0951. The third-order valence-corrected chi connectivity index (χ3v) is 4.53. The molecule has 0 unspecified atom stereocenters. The van der Waals surface area contributed by atoms with Gasteiger partial charge in [0.15, 0.2) is 0 Å². The molecule has 1 saturated heterocycles. The topological polar surface area (TPSA) is 69.6 Å². The SMILES string of the molecule is O=C(NC[C@H]1CCN(C(=O)O)C1)c1ccc(Br)s1. The number of carbonyl (C=O) groups excluding carboxylic acids is 1. The van der Waals surface area contributed by atoms with Gasteiger partial charge in [-0.2, -0.15) is 0 Å². The van der Waals surface area contributed by atoms with E-state index in [-0.39, 0.29) is 11.8 Å². The summed E-state index contributed by atoms with van der Waals surface area (Å²) in [6.45, 7) is 1.59. The summed E-state index contributed by atoms with van der Waals surface area (Å²) in [5.74, 6) is 0.118. The number of rotatable bonds is 3. The van der Waals surface area contributed by atoms with Crippen LogP contribution in [0.3, 0.4) is 0 Å². The smallest absolute Gasteiger partial charge is 0.407 e. The van der Waals surface area contributed by atoms with Crippen molar-refractivity contribution >= 4 is 39.3 Å². The van der Waals surface area contributed by atoms with Crippen molar-refractivity contribution in [2.24, 2.45) is 5.92 Å². The molecule has 1 aliphatic heterocycles. The molecule has 1 aromatic heterocycles. The van der Waals surface area contributed by atoms with Crippen LogP contribution >= 0.6 is 27.3 Å². The summed E-state index contributed by atoms with van der Waals surface area (Å²) >= 11 is 4.69. The average molecular weight is 333 g/mol. The number of nitrogens with one attached hydrogen (secondary N) is 1. The molecule has 0 radical (unpaired) electrons. The molecular formula is C11H13BrN2O3S. The van der Waals surface area contributed by atoms with Crippen LogP contribution in [0.25, 0.3) is 0 Å². The Morgan fingerprint density at radius 3 is 2.89 bits per heavy atom. The number of carbonyl (C=O) groups is 2. The molecule has 1 aliphatic rings. The summed E-state index contributed by atoms with van der Waals surface area (Å²) < 4.78 is 0.922. The van der Waals surface area contributed by atoms with Gasteiger partial charge in [0.05, 0.1) is 8.66 Å². The van der Waals surface area contributed by atoms with Crippen LogP contribution in [0.4, 0.5) is 4.79 Å². The second-order valence-corrected chi connectivity index (χ2v) is 6.66. The van der Waals surface area contributed by atoms with Crippen LogP contribution in [0.5, 0.6) is 0 Å². The number of thiophene rings is 1. The van der Waals surface area contributed by atoms with Gasteiger partial charge in [-0.25, -0.2) is 4.79 Å². The van der Waals surface area contributed by atoms with E-state index in [9.17, 15) is 9.59 Å². The second kappa shape index (κ2) is 5.71. The summed E-state index contributed by atoms with van der Waals surface area (Å²) in [6, 6.07) is 3.60. The van der Waals surface area contributed by atoms with Crippen molar-refractivity contribution in [3.63, 3.8) is 0 Å². The van der Waals surface area contributed by atoms with Gasteiger partial charge in [-0.05, 0) is 40.4 Å². The summed E-state index contributed by atoms with van der Waals surface area (Å²) in [6.07, 6.45) is -0.0771. The Morgan fingerprint density at radius 2 is 2.33 bits per heavy atom. The van der Waals surface area contributed by atoms with Crippen LogP contribution in [0.1, 0.15) is 16.1 Å². The average Bonchev–Trinajstić information content (AvgIpc) is 2.94. The number of hydrogen-bond donors (Lipinski definition) is 2. The lowest BCUT2D eigenvalue weighted by atomic mass is 10.1. The number of amides is 2. The van der Waals surface area contributed by atoms with Crippen molar-refractivity contribution in [2.75, 3.05) is 19.6 Å². The fourth-order valence-corrected chi connectivity index (χ4v) is 3.24. The highest BCUT2D eigenvalue weighted by Gasteiger charge is 2.26. The zero-order chi connectivity index (χ0) is 13.1. The Kier molecular flexibility index (Phi) is 4.23. The van der Waals surface area contributed by atoms with Crippen molar-refractivity contribution in [2.45, 2.75) is 6.42 Å². The van der Waals surface area contributed by atoms with E-state index in [2.05, 4.69) is 21.2 Å². The Labute approximate surface area is 117 Å². The minimum absolute atomic E-state index is 0.0977. The molecular weight excluding hydrogens is 320 g/mol. The second-order valence-electron chi connectivity index (χ2n) is 4.20. The molecule has 1 atom stereocenters. The molecule has 0 aromatic carbocycles. The minimum Gasteiger partial charge on any atom is -0.465 e. The highest BCUT2D eigenvalue weighted by Crippen LogP contribution is 2.22. The Bertz CT molecular complexity index is 463. The maximum Gasteiger partial charge on any atom is 0.407 e. The van der Waals surface area contributed by atoms with Crippen LogP contribution in [-0.4, -0.2) is 41.6 Å². The van der Waals surface area contributed by atoms with Crippen LogP contribution in [0, 0.1) is 5.92 Å². The van der Waals surface area contributed by atoms with Gasteiger partial charge in [0.1, 0.15) is 0 Å². The molecule has 2 amide bonds. The molecule has 0 saturated carbocycles. The largest absolute Gasteiger partial charge is 0.465 e. The first-order valence-corrected chi connectivity index (χ1v) is 7.18. The van der Waals surface area contributed by atoms with Gasteiger partial charge < -0.3 is 15.3 Å². The highest BCUT2D eigenvalue weighted by molar-refractivity contribution is 9.11. The van der Waals surface area contributed by atoms with Crippen molar-refractivity contribution in [1.29, 1.82) is 0 Å². The maximum absolute atomic E-state index is 11.8. The Morgan fingerprint density at radius 1 is 1.56 bits per heavy atom. The predicted octanol–water partition coefficient (Wildman–Crippen LogP) is 2.24. The minimum atomic E-state index is -0.883. The third-order valence-electron chi connectivity index (χ3n) is 2.90. The quantitative estimate of drug-likeness (QED) is 0.891. The van der Waals surface area contributed by atoms with Gasteiger partial charge in [0.2, 0.25) is 0 Å². The first-order chi connectivity index (χ1) is 8.56. The lowest BCUT2D eigenvalue weighted by Crippen LogP contribution is -2.32. The van der Waals surface area contributed by atoms with Gasteiger partial charge in [0, 0.05) is 19.6 Å². The molecule has 0 bridgehead atoms. The summed E-state index contributed by atoms with van der Waals surface area (Å²) in [4.78, 5) is 24.6. The summed E-state index contributed by atoms with van der Waals surface area (Å²) in [5, 5.41) is 11.7. The molecule has 5 nitrogen and oxygen atoms in total. The third kappa shape index (κ3) is 3.23. The van der Waals surface area contributed by atoms with Gasteiger partial charge in [-0.15, -0.1) is 11.3 Å². The van der Waals surface area contributed by atoms with E-state index >= 15 is 0 Å².